The summed E-state index contributed by atoms with van der Waals surface area (Å²) in [5.41, 5.74) is 0. The number of carbonyl (C=O) groups is 2. The average molecular weight is 227 g/mol. The molecule has 0 fully saturated rings. The first kappa shape index (κ1) is 11.7. The van der Waals surface area contributed by atoms with E-state index in [2.05, 4.69) is 5.32 Å². The molecular weight excluding hydrogens is 214 g/mol. The Labute approximate surface area is 91.9 Å². The van der Waals surface area contributed by atoms with Gasteiger partial charge in [0.05, 0.1) is 4.88 Å². The quantitative estimate of drug-likeness (QED) is 0.819. The number of nitrogens with one attached hydrogen (secondary N) is 1. The van der Waals surface area contributed by atoms with Crippen LogP contribution in [-0.2, 0) is 11.2 Å². The first-order valence-electron chi connectivity index (χ1n) is 4.67. The van der Waals surface area contributed by atoms with Gasteiger partial charge in [0.2, 0.25) is 0 Å². The minimum absolute atomic E-state index is 0.324. The predicted octanol–water partition coefficient (Wildman–Crippen LogP) is 1.51. The van der Waals surface area contributed by atoms with Crippen LogP contribution < -0.4 is 5.32 Å². The number of carboxylic acids is 1. The Morgan fingerprint density at radius 2 is 2.20 bits per heavy atom. The molecule has 0 saturated carbocycles. The maximum atomic E-state index is 11.5. The van der Waals surface area contributed by atoms with E-state index in [4.69, 9.17) is 5.11 Å². The Bertz CT molecular complexity index is 372. The van der Waals surface area contributed by atoms with Crippen molar-refractivity contribution in [2.75, 3.05) is 0 Å². The average Bonchev–Trinajstić information content (AvgIpc) is 2.65. The van der Waals surface area contributed by atoms with Crippen LogP contribution in [0.3, 0.4) is 0 Å². The highest BCUT2D eigenvalue weighted by atomic mass is 32.1. The van der Waals surface area contributed by atoms with Crippen LogP contribution in [0, 0.1) is 0 Å². The molecule has 0 bridgehead atoms. The number of amides is 1. The molecule has 4 nitrogen and oxygen atoms in total. The van der Waals surface area contributed by atoms with Gasteiger partial charge >= 0.3 is 5.97 Å². The lowest BCUT2D eigenvalue weighted by atomic mass is 10.3. The van der Waals surface area contributed by atoms with E-state index in [1.807, 2.05) is 13.0 Å². The maximum absolute atomic E-state index is 11.5. The van der Waals surface area contributed by atoms with Crippen molar-refractivity contribution in [3.05, 3.63) is 21.9 Å². The van der Waals surface area contributed by atoms with Crippen LogP contribution in [0.2, 0.25) is 0 Å². The van der Waals surface area contributed by atoms with Gasteiger partial charge in [-0.05, 0) is 25.5 Å². The van der Waals surface area contributed by atoms with E-state index in [0.29, 0.717) is 4.88 Å². The Balaban J connectivity index is 2.65. The number of hydrogen-bond donors (Lipinski definition) is 2. The Morgan fingerprint density at radius 3 is 2.67 bits per heavy atom. The van der Waals surface area contributed by atoms with Crippen LogP contribution in [-0.4, -0.2) is 23.0 Å². The number of carbonyl (C=O) groups excluding carboxylic acids is 1. The highest BCUT2D eigenvalue weighted by Gasteiger charge is 2.16. The smallest absolute Gasteiger partial charge is 0.325 e. The summed E-state index contributed by atoms with van der Waals surface area (Å²) >= 11 is 1.39. The third-order valence-electron chi connectivity index (χ3n) is 1.95. The summed E-state index contributed by atoms with van der Waals surface area (Å²) in [6.45, 7) is 3.45. The van der Waals surface area contributed by atoms with Gasteiger partial charge in [-0.3, -0.25) is 9.59 Å². The summed E-state index contributed by atoms with van der Waals surface area (Å²) in [5.74, 6) is -1.36. The van der Waals surface area contributed by atoms with Crippen molar-refractivity contribution in [3.8, 4) is 0 Å². The molecule has 1 atom stereocenters. The largest absolute Gasteiger partial charge is 0.480 e. The molecule has 0 aliphatic rings. The highest BCUT2D eigenvalue weighted by Crippen LogP contribution is 2.16. The second kappa shape index (κ2) is 4.93. The molecule has 0 radical (unpaired) electrons. The normalized spacial score (nSPS) is 12.1. The summed E-state index contributed by atoms with van der Waals surface area (Å²) < 4.78 is 0. The number of thiophene rings is 1. The van der Waals surface area contributed by atoms with Crippen molar-refractivity contribution in [1.29, 1.82) is 0 Å². The van der Waals surface area contributed by atoms with Crippen LogP contribution in [0.5, 0.6) is 0 Å². The van der Waals surface area contributed by atoms with Gasteiger partial charge in [0.15, 0.2) is 0 Å². The topological polar surface area (TPSA) is 66.4 Å². The minimum atomic E-state index is -1.03. The van der Waals surface area contributed by atoms with Gasteiger partial charge in [0, 0.05) is 4.88 Å². The second-order valence-electron chi connectivity index (χ2n) is 3.15. The van der Waals surface area contributed by atoms with Crippen molar-refractivity contribution in [2.24, 2.45) is 0 Å². The Kier molecular flexibility index (Phi) is 3.85. The molecule has 0 spiro atoms. The van der Waals surface area contributed by atoms with E-state index >= 15 is 0 Å². The van der Waals surface area contributed by atoms with Crippen molar-refractivity contribution >= 4 is 23.2 Å². The van der Waals surface area contributed by atoms with Crippen molar-refractivity contribution in [3.63, 3.8) is 0 Å². The fraction of sp³-hybridized carbons (Fsp3) is 0.400. The standard InChI is InChI=1S/C10H13NO3S/c1-3-7-4-5-8(15-7)9(12)11-6(2)10(13)14/h4-6H,3H2,1-2H3,(H,11,12)(H,13,14)/t6-/m0/s1. The zero-order valence-corrected chi connectivity index (χ0v) is 9.43. The molecule has 1 heterocycles. The van der Waals surface area contributed by atoms with E-state index in [1.165, 1.54) is 18.3 Å². The third-order valence-corrected chi connectivity index (χ3v) is 3.18. The molecule has 5 heteroatoms. The zero-order chi connectivity index (χ0) is 11.4. The van der Waals surface area contributed by atoms with E-state index in [1.54, 1.807) is 6.07 Å². The third kappa shape index (κ3) is 3.06. The molecule has 0 unspecified atom stereocenters. The molecule has 0 aliphatic carbocycles. The van der Waals surface area contributed by atoms with Gasteiger partial charge in [-0.15, -0.1) is 11.3 Å². The number of rotatable bonds is 4. The highest BCUT2D eigenvalue weighted by molar-refractivity contribution is 7.14. The Morgan fingerprint density at radius 1 is 1.53 bits per heavy atom. The molecule has 1 rings (SSSR count). The van der Waals surface area contributed by atoms with E-state index < -0.39 is 12.0 Å². The van der Waals surface area contributed by atoms with E-state index in [-0.39, 0.29) is 5.91 Å². The Hall–Kier alpha value is -1.36. The van der Waals surface area contributed by atoms with Crippen LogP contribution in [0.1, 0.15) is 28.4 Å². The lowest BCUT2D eigenvalue weighted by molar-refractivity contribution is -0.138. The molecule has 1 aromatic rings. The molecule has 15 heavy (non-hydrogen) atoms. The fourth-order valence-corrected chi connectivity index (χ4v) is 1.87. The fourth-order valence-electron chi connectivity index (χ4n) is 1.02. The number of aliphatic carboxylic acids is 1. The second-order valence-corrected chi connectivity index (χ2v) is 4.32. The number of hydrogen-bond acceptors (Lipinski definition) is 3. The minimum Gasteiger partial charge on any atom is -0.480 e. The molecule has 0 aromatic carbocycles. The number of carboxylic acid groups (broad SMARTS) is 1. The molecule has 0 aliphatic heterocycles. The van der Waals surface area contributed by atoms with Gasteiger partial charge < -0.3 is 10.4 Å². The summed E-state index contributed by atoms with van der Waals surface area (Å²) in [5, 5.41) is 11.0. The van der Waals surface area contributed by atoms with Crippen LogP contribution >= 0.6 is 11.3 Å². The van der Waals surface area contributed by atoms with Gasteiger partial charge in [0.1, 0.15) is 6.04 Å². The van der Waals surface area contributed by atoms with E-state index in [0.717, 1.165) is 11.3 Å². The predicted molar refractivity (Wildman–Crippen MR) is 58.3 cm³/mol. The van der Waals surface area contributed by atoms with Crippen LogP contribution in [0.15, 0.2) is 12.1 Å². The first-order chi connectivity index (χ1) is 7.04. The summed E-state index contributed by atoms with van der Waals surface area (Å²) in [6.07, 6.45) is 0.881. The monoisotopic (exact) mass is 227 g/mol. The zero-order valence-electron chi connectivity index (χ0n) is 8.61. The lowest BCUT2D eigenvalue weighted by Crippen LogP contribution is -2.37. The molecular formula is C10H13NO3S. The number of aryl methyl sites for hydroxylation is 1. The van der Waals surface area contributed by atoms with Gasteiger partial charge in [0.25, 0.3) is 5.91 Å². The summed E-state index contributed by atoms with van der Waals surface area (Å²) in [6, 6.07) is 2.74. The molecule has 2 N–H and O–H groups in total. The van der Waals surface area contributed by atoms with Crippen molar-refractivity contribution in [2.45, 2.75) is 26.3 Å². The summed E-state index contributed by atoms with van der Waals surface area (Å²) in [7, 11) is 0. The maximum Gasteiger partial charge on any atom is 0.325 e. The van der Waals surface area contributed by atoms with Crippen LogP contribution in [0.4, 0.5) is 0 Å². The SMILES string of the molecule is CCc1ccc(C(=O)N[C@@H](C)C(=O)O)s1. The van der Waals surface area contributed by atoms with Crippen LogP contribution in [0.25, 0.3) is 0 Å². The van der Waals surface area contributed by atoms with Crippen molar-refractivity contribution < 1.29 is 14.7 Å². The summed E-state index contributed by atoms with van der Waals surface area (Å²) in [4.78, 5) is 23.7. The molecule has 0 saturated heterocycles. The lowest BCUT2D eigenvalue weighted by Gasteiger charge is -2.07. The van der Waals surface area contributed by atoms with Gasteiger partial charge in [-0.25, -0.2) is 0 Å². The van der Waals surface area contributed by atoms with Gasteiger partial charge in [-0.2, -0.15) is 0 Å². The van der Waals surface area contributed by atoms with Gasteiger partial charge in [-0.1, -0.05) is 6.92 Å². The van der Waals surface area contributed by atoms with E-state index in [9.17, 15) is 9.59 Å². The first-order valence-corrected chi connectivity index (χ1v) is 5.48. The molecule has 1 aromatic heterocycles. The van der Waals surface area contributed by atoms with Crippen molar-refractivity contribution in [1.82, 2.24) is 5.32 Å². The molecule has 1 amide bonds. The molecule has 82 valence electrons.